The third-order valence-electron chi connectivity index (χ3n) is 10.0. The van der Waals surface area contributed by atoms with E-state index >= 15 is 0 Å². The molecule has 8 atom stereocenters. The highest BCUT2D eigenvalue weighted by Gasteiger charge is 2.66. The summed E-state index contributed by atoms with van der Waals surface area (Å²) >= 11 is 0. The number of aliphatic hydroxyl groups is 2. The summed E-state index contributed by atoms with van der Waals surface area (Å²) < 4.78 is 0. The van der Waals surface area contributed by atoms with Crippen molar-refractivity contribution in [1.29, 1.82) is 0 Å². The molecule has 0 aromatic carbocycles. The molecule has 0 aliphatic heterocycles. The Morgan fingerprint density at radius 2 is 1.90 bits per heavy atom. The van der Waals surface area contributed by atoms with Crippen molar-refractivity contribution in [2.24, 2.45) is 45.4 Å². The number of rotatable bonds is 6. The van der Waals surface area contributed by atoms with Crippen molar-refractivity contribution in [1.82, 2.24) is 0 Å². The summed E-state index contributed by atoms with van der Waals surface area (Å²) in [5.41, 5.74) is 5.24. The second-order valence-electron chi connectivity index (χ2n) is 11.0. The van der Waals surface area contributed by atoms with Crippen LogP contribution >= 0.6 is 0 Å². The molecule has 4 saturated carbocycles. The number of nitrogens with two attached hydrogens (primary N) is 1. The first-order valence-electron chi connectivity index (χ1n) is 12.1. The molecule has 0 heterocycles. The number of hydrogen-bond donors (Lipinski definition) is 3. The average molecular weight is 407 g/mol. The van der Waals surface area contributed by atoms with Crippen LogP contribution in [0.2, 0.25) is 0 Å². The second kappa shape index (κ2) is 8.12. The molecular weight excluding hydrogens is 364 g/mol. The highest BCUT2D eigenvalue weighted by Crippen LogP contribution is 2.69. The first-order chi connectivity index (χ1) is 13.8. The Bertz CT molecular complexity index is 613. The van der Waals surface area contributed by atoms with Crippen molar-refractivity contribution in [2.45, 2.75) is 96.2 Å². The summed E-state index contributed by atoms with van der Waals surface area (Å²) in [5.74, 6) is 2.26. The Hall–Kier alpha value is -0.650. The van der Waals surface area contributed by atoms with Crippen LogP contribution in [0.1, 0.15) is 84.5 Å². The number of nitrogens with zero attached hydrogens (tertiary/aromatic N) is 1. The average Bonchev–Trinajstić information content (AvgIpc) is 2.96. The molecule has 166 valence electrons. The fourth-order valence-corrected chi connectivity index (χ4v) is 8.26. The van der Waals surface area contributed by atoms with Gasteiger partial charge in [-0.05, 0) is 105 Å². The Labute approximate surface area is 176 Å². The van der Waals surface area contributed by atoms with Crippen molar-refractivity contribution in [3.05, 3.63) is 0 Å². The van der Waals surface area contributed by atoms with E-state index in [2.05, 4.69) is 19.0 Å². The van der Waals surface area contributed by atoms with Crippen molar-refractivity contribution >= 4 is 6.21 Å². The van der Waals surface area contributed by atoms with Gasteiger partial charge in [-0.15, -0.1) is 0 Å². The highest BCUT2D eigenvalue weighted by atomic mass is 16.6. The van der Waals surface area contributed by atoms with E-state index in [9.17, 15) is 10.2 Å². The molecule has 0 radical (unpaired) electrons. The largest absolute Gasteiger partial charge is 0.395 e. The van der Waals surface area contributed by atoms with Gasteiger partial charge in [-0.25, -0.2) is 0 Å². The molecule has 0 bridgehead atoms. The lowest BCUT2D eigenvalue weighted by Gasteiger charge is -2.63. The van der Waals surface area contributed by atoms with E-state index in [-0.39, 0.29) is 11.5 Å². The van der Waals surface area contributed by atoms with Gasteiger partial charge in [0.25, 0.3) is 0 Å². The zero-order valence-electron chi connectivity index (χ0n) is 18.5. The van der Waals surface area contributed by atoms with Gasteiger partial charge in [-0.1, -0.05) is 19.0 Å². The molecule has 4 rings (SSSR count). The maximum absolute atomic E-state index is 12.1. The minimum atomic E-state index is -0.516. The van der Waals surface area contributed by atoms with Crippen LogP contribution in [0, 0.1) is 34.5 Å². The number of hydrogen-bond acceptors (Lipinski definition) is 5. The van der Waals surface area contributed by atoms with Gasteiger partial charge in [0.05, 0.1) is 11.7 Å². The van der Waals surface area contributed by atoms with Crippen LogP contribution in [0.15, 0.2) is 5.16 Å². The van der Waals surface area contributed by atoms with Crippen LogP contribution in [-0.2, 0) is 4.84 Å². The molecule has 4 aliphatic rings. The lowest BCUT2D eigenvalue weighted by molar-refractivity contribution is -0.210. The maximum atomic E-state index is 12.1. The van der Waals surface area contributed by atoms with Gasteiger partial charge in [-0.3, -0.25) is 0 Å². The van der Waals surface area contributed by atoms with Crippen molar-refractivity contribution in [3.63, 3.8) is 0 Å². The topological polar surface area (TPSA) is 88.1 Å². The maximum Gasteiger partial charge on any atom is 0.129 e. The van der Waals surface area contributed by atoms with E-state index in [4.69, 9.17) is 10.6 Å². The molecule has 0 unspecified atom stereocenters. The molecule has 4 aliphatic carbocycles. The SMILES string of the molecule is C[C@]12CC[C@H](O)C[C@H]1CC[C@@H]1[C@@H]2CC[C@]2(C)[C@@H](CC/C=N\OCCN)CC[C@]12O. The van der Waals surface area contributed by atoms with Gasteiger partial charge in [-0.2, -0.15) is 0 Å². The Morgan fingerprint density at radius 3 is 2.69 bits per heavy atom. The number of fused-ring (bicyclic) bond motifs is 5. The van der Waals surface area contributed by atoms with Crippen molar-refractivity contribution < 1.29 is 15.1 Å². The van der Waals surface area contributed by atoms with Gasteiger partial charge in [0.1, 0.15) is 6.61 Å². The Balaban J connectivity index is 1.46. The molecule has 5 nitrogen and oxygen atoms in total. The zero-order valence-corrected chi connectivity index (χ0v) is 18.5. The zero-order chi connectivity index (χ0) is 20.7. The molecular formula is C24H42N2O3. The van der Waals surface area contributed by atoms with Crippen LogP contribution in [0.4, 0.5) is 0 Å². The van der Waals surface area contributed by atoms with Crippen LogP contribution in [0.5, 0.6) is 0 Å². The molecule has 0 aromatic rings. The third kappa shape index (κ3) is 3.45. The number of aliphatic hydroxyl groups excluding tert-OH is 1. The van der Waals surface area contributed by atoms with Crippen LogP contribution in [-0.4, -0.2) is 41.3 Å². The molecule has 0 spiro atoms. The summed E-state index contributed by atoms with van der Waals surface area (Å²) in [7, 11) is 0. The Morgan fingerprint density at radius 1 is 1.07 bits per heavy atom. The third-order valence-corrected chi connectivity index (χ3v) is 10.0. The lowest BCUT2D eigenvalue weighted by Crippen LogP contribution is -2.62. The smallest absolute Gasteiger partial charge is 0.129 e. The van der Waals surface area contributed by atoms with E-state index < -0.39 is 5.60 Å². The summed E-state index contributed by atoms with van der Waals surface area (Å²) in [4.78, 5) is 5.12. The molecule has 4 fully saturated rings. The van der Waals surface area contributed by atoms with Gasteiger partial charge in [0.15, 0.2) is 0 Å². The minimum absolute atomic E-state index is 0.0253. The summed E-state index contributed by atoms with van der Waals surface area (Å²) in [5, 5.41) is 26.4. The monoisotopic (exact) mass is 406 g/mol. The summed E-state index contributed by atoms with van der Waals surface area (Å²) in [6.07, 6.45) is 13.6. The summed E-state index contributed by atoms with van der Waals surface area (Å²) in [6.45, 7) is 5.82. The van der Waals surface area contributed by atoms with Crippen LogP contribution in [0.25, 0.3) is 0 Å². The quantitative estimate of drug-likeness (QED) is 0.355. The van der Waals surface area contributed by atoms with Gasteiger partial charge in [0, 0.05) is 12.8 Å². The van der Waals surface area contributed by atoms with Crippen LogP contribution in [0.3, 0.4) is 0 Å². The summed E-state index contributed by atoms with van der Waals surface area (Å²) in [6, 6.07) is 0. The van der Waals surface area contributed by atoms with E-state index in [1.807, 2.05) is 6.21 Å². The minimum Gasteiger partial charge on any atom is -0.395 e. The van der Waals surface area contributed by atoms with Gasteiger partial charge in [0.2, 0.25) is 0 Å². The highest BCUT2D eigenvalue weighted by molar-refractivity contribution is 5.56. The molecule has 0 amide bonds. The number of oxime groups is 1. The normalized spacial score (nSPS) is 49.5. The van der Waals surface area contributed by atoms with E-state index in [0.717, 1.165) is 57.8 Å². The fourth-order valence-electron chi connectivity index (χ4n) is 8.26. The standard InChI is InChI=1S/C24H42N2O3/c1-22-10-8-19(27)16-18(22)5-6-21-20(22)9-11-23(2)17(7-12-24(21,23)28)4-3-14-26-29-15-13-25/h14,17-21,27-28H,3-13,15-16,25H2,1-2H3/b26-14-/t17-,18+,19-,20-,21+,22-,23+,24-/m0/s1. The molecule has 4 N–H and O–H groups in total. The Kier molecular flexibility index (Phi) is 6.04. The van der Waals surface area contributed by atoms with Crippen molar-refractivity contribution in [2.75, 3.05) is 13.2 Å². The van der Waals surface area contributed by atoms with Gasteiger partial charge >= 0.3 is 0 Å². The van der Waals surface area contributed by atoms with Crippen molar-refractivity contribution in [3.8, 4) is 0 Å². The van der Waals surface area contributed by atoms with Gasteiger partial charge < -0.3 is 20.8 Å². The first kappa shape index (κ1) is 21.6. The second-order valence-corrected chi connectivity index (χ2v) is 11.0. The molecule has 0 saturated heterocycles. The molecule has 29 heavy (non-hydrogen) atoms. The van der Waals surface area contributed by atoms with Crippen LogP contribution < -0.4 is 5.73 Å². The molecule has 0 aromatic heterocycles. The predicted molar refractivity (Wildman–Crippen MR) is 115 cm³/mol. The molecule has 5 heteroatoms. The van der Waals surface area contributed by atoms with E-state index in [0.29, 0.717) is 42.2 Å². The predicted octanol–water partition coefficient (Wildman–Crippen LogP) is 3.86. The van der Waals surface area contributed by atoms with E-state index in [1.165, 1.54) is 12.8 Å². The fraction of sp³-hybridized carbons (Fsp3) is 0.958. The first-order valence-corrected chi connectivity index (χ1v) is 12.1. The lowest BCUT2D eigenvalue weighted by atomic mass is 9.43. The van der Waals surface area contributed by atoms with E-state index in [1.54, 1.807) is 0 Å².